The molecule has 1 aliphatic heterocycles. The van der Waals surface area contributed by atoms with Crippen LogP contribution < -0.4 is 0 Å². The predicted molar refractivity (Wildman–Crippen MR) is 115 cm³/mol. The molecule has 0 radical (unpaired) electrons. The van der Waals surface area contributed by atoms with Gasteiger partial charge in [0, 0.05) is 67.5 Å². The molecule has 1 saturated heterocycles. The van der Waals surface area contributed by atoms with E-state index in [2.05, 4.69) is 9.97 Å². The van der Waals surface area contributed by atoms with Crippen LogP contribution in [0.1, 0.15) is 29.7 Å². The van der Waals surface area contributed by atoms with Gasteiger partial charge in [0.15, 0.2) is 9.84 Å². The number of fused-ring (bicyclic) bond motifs is 1. The lowest BCUT2D eigenvalue weighted by Crippen LogP contribution is -2.42. The Labute approximate surface area is 183 Å². The number of piperidine rings is 1. The van der Waals surface area contributed by atoms with Crippen LogP contribution >= 0.6 is 11.6 Å². The average Bonchev–Trinajstić information content (AvgIpc) is 3.11. The van der Waals surface area contributed by atoms with E-state index in [4.69, 9.17) is 16.7 Å². The lowest BCUT2D eigenvalue weighted by atomic mass is 9.87. The molecule has 2 N–H and O–H groups in total. The molecule has 164 valence electrons. The van der Waals surface area contributed by atoms with Gasteiger partial charge >= 0.3 is 6.09 Å². The molecular weight excluding hydrogens is 445 g/mol. The number of hydrogen-bond donors (Lipinski definition) is 2. The first-order chi connectivity index (χ1) is 14.6. The van der Waals surface area contributed by atoms with Crippen molar-refractivity contribution in [2.75, 3.05) is 19.3 Å². The molecule has 31 heavy (non-hydrogen) atoms. The molecule has 0 saturated carbocycles. The largest absolute Gasteiger partial charge is 0.465 e. The second kappa shape index (κ2) is 7.80. The number of carbonyl (C=O) groups is 1. The van der Waals surface area contributed by atoms with Crippen molar-refractivity contribution in [2.24, 2.45) is 0 Å². The minimum Gasteiger partial charge on any atom is -0.465 e. The zero-order chi connectivity index (χ0) is 22.4. The van der Waals surface area contributed by atoms with Crippen LogP contribution in [-0.4, -0.2) is 53.8 Å². The summed E-state index contributed by atoms with van der Waals surface area (Å²) in [5.41, 5.74) is 0.828. The van der Waals surface area contributed by atoms with Crippen LogP contribution in [0.2, 0.25) is 5.02 Å². The van der Waals surface area contributed by atoms with E-state index in [1.54, 1.807) is 30.5 Å². The first kappa shape index (κ1) is 21.6. The molecule has 0 bridgehead atoms. The minimum atomic E-state index is -3.34. The van der Waals surface area contributed by atoms with Gasteiger partial charge in [-0.1, -0.05) is 11.6 Å². The third-order valence-corrected chi connectivity index (χ3v) is 7.22. The number of alkyl halides is 1. The Morgan fingerprint density at radius 1 is 1.32 bits per heavy atom. The lowest BCUT2D eigenvalue weighted by Gasteiger charge is -2.35. The number of hydrogen-bond acceptors (Lipinski definition) is 4. The van der Waals surface area contributed by atoms with Crippen molar-refractivity contribution in [1.29, 1.82) is 0 Å². The Morgan fingerprint density at radius 3 is 2.65 bits per heavy atom. The number of pyridine rings is 1. The van der Waals surface area contributed by atoms with E-state index in [0.717, 1.165) is 22.7 Å². The summed E-state index contributed by atoms with van der Waals surface area (Å²) in [5.74, 6) is 0. The normalized spacial score (nSPS) is 16.5. The van der Waals surface area contributed by atoms with Crippen molar-refractivity contribution in [3.63, 3.8) is 0 Å². The number of benzene rings is 1. The first-order valence-corrected chi connectivity index (χ1v) is 12.0. The van der Waals surface area contributed by atoms with Gasteiger partial charge in [-0.25, -0.2) is 17.6 Å². The fourth-order valence-electron chi connectivity index (χ4n) is 3.90. The number of nitrogens with one attached hydrogen (secondary N) is 1. The maximum absolute atomic E-state index is 15.4. The fourth-order valence-corrected chi connectivity index (χ4v) is 4.78. The summed E-state index contributed by atoms with van der Waals surface area (Å²) < 4.78 is 39.2. The van der Waals surface area contributed by atoms with Crippen molar-refractivity contribution in [1.82, 2.24) is 14.9 Å². The predicted octanol–water partition coefficient (Wildman–Crippen LogP) is 4.15. The fraction of sp³-hybridized carbons (Fsp3) is 0.333. The molecule has 7 nitrogen and oxygen atoms in total. The summed E-state index contributed by atoms with van der Waals surface area (Å²) in [6, 6.07) is 6.43. The summed E-state index contributed by atoms with van der Waals surface area (Å²) >= 11 is 6.42. The highest BCUT2D eigenvalue weighted by atomic mass is 35.5. The Bertz CT molecular complexity index is 1270. The highest BCUT2D eigenvalue weighted by molar-refractivity contribution is 7.90. The first-order valence-electron chi connectivity index (χ1n) is 9.68. The number of halogens is 2. The zero-order valence-corrected chi connectivity index (χ0v) is 18.3. The van der Waals surface area contributed by atoms with Gasteiger partial charge in [0.05, 0.1) is 15.6 Å². The number of sulfone groups is 1. The average molecular weight is 466 g/mol. The van der Waals surface area contributed by atoms with Gasteiger partial charge in [-0.05, 0) is 29.8 Å². The zero-order valence-electron chi connectivity index (χ0n) is 16.7. The van der Waals surface area contributed by atoms with Gasteiger partial charge in [0.2, 0.25) is 0 Å². The van der Waals surface area contributed by atoms with E-state index in [0.29, 0.717) is 22.7 Å². The number of aromatic amines is 1. The Kier molecular flexibility index (Phi) is 5.43. The van der Waals surface area contributed by atoms with Gasteiger partial charge in [-0.15, -0.1) is 0 Å². The van der Waals surface area contributed by atoms with Crippen LogP contribution in [0, 0.1) is 0 Å². The van der Waals surface area contributed by atoms with Crippen molar-refractivity contribution in [2.45, 2.75) is 29.8 Å². The highest BCUT2D eigenvalue weighted by Gasteiger charge is 2.38. The molecule has 1 aliphatic rings. The topological polar surface area (TPSA) is 103 Å². The summed E-state index contributed by atoms with van der Waals surface area (Å²) in [5, 5.41) is 10.1. The lowest BCUT2D eigenvalue weighted by molar-refractivity contribution is 0.0549. The van der Waals surface area contributed by atoms with Gasteiger partial charge in [0.25, 0.3) is 0 Å². The Balaban J connectivity index is 1.59. The van der Waals surface area contributed by atoms with Crippen LogP contribution in [0.4, 0.5) is 9.18 Å². The third kappa shape index (κ3) is 4.24. The number of amides is 1. The van der Waals surface area contributed by atoms with Crippen LogP contribution in [0.25, 0.3) is 10.9 Å². The second-order valence-corrected chi connectivity index (χ2v) is 10.3. The molecule has 0 unspecified atom stereocenters. The molecule has 0 spiro atoms. The van der Waals surface area contributed by atoms with Crippen molar-refractivity contribution < 1.29 is 22.7 Å². The maximum atomic E-state index is 15.4. The number of nitrogens with zero attached hydrogens (tertiary/aromatic N) is 2. The van der Waals surface area contributed by atoms with E-state index in [1.807, 2.05) is 0 Å². The van der Waals surface area contributed by atoms with Gasteiger partial charge in [-0.3, -0.25) is 4.98 Å². The summed E-state index contributed by atoms with van der Waals surface area (Å²) in [6.45, 7) is 0.229. The summed E-state index contributed by atoms with van der Waals surface area (Å²) in [6.07, 6.45) is 3.78. The Morgan fingerprint density at radius 2 is 2.03 bits per heavy atom. The molecule has 2 aromatic heterocycles. The SMILES string of the molecule is CS(=O)(=O)c1ccc2[nH]cc(Cc3ncc(C4(F)CCN(C(=O)O)CC4)cc3Cl)c2c1. The van der Waals surface area contributed by atoms with Gasteiger partial charge in [-0.2, -0.15) is 0 Å². The number of rotatable bonds is 4. The van der Waals surface area contributed by atoms with E-state index < -0.39 is 21.6 Å². The smallest absolute Gasteiger partial charge is 0.407 e. The van der Waals surface area contributed by atoms with E-state index in [9.17, 15) is 13.2 Å². The maximum Gasteiger partial charge on any atom is 0.407 e. The molecule has 3 heterocycles. The van der Waals surface area contributed by atoms with Crippen LogP contribution in [0.5, 0.6) is 0 Å². The molecule has 0 aliphatic carbocycles. The molecule has 10 heteroatoms. The second-order valence-electron chi connectivity index (χ2n) is 7.86. The van der Waals surface area contributed by atoms with Crippen LogP contribution in [0.15, 0.2) is 41.6 Å². The quantitative estimate of drug-likeness (QED) is 0.602. The van der Waals surface area contributed by atoms with E-state index in [1.165, 1.54) is 11.1 Å². The van der Waals surface area contributed by atoms with Crippen molar-refractivity contribution in [3.8, 4) is 0 Å². The Hall–Kier alpha value is -2.65. The monoisotopic (exact) mass is 465 g/mol. The molecule has 0 atom stereocenters. The highest BCUT2D eigenvalue weighted by Crippen LogP contribution is 2.38. The molecular formula is C21H21ClFN3O4S. The van der Waals surface area contributed by atoms with Gasteiger partial charge < -0.3 is 15.0 Å². The molecule has 3 aromatic rings. The third-order valence-electron chi connectivity index (χ3n) is 5.79. The number of aromatic nitrogens is 2. The standard InChI is InChI=1S/C21H21ClFN3O4S/c1-31(29,30)15-2-3-18-16(10-15)13(11-24-18)8-19-17(22)9-14(12-25-19)21(23)4-6-26(7-5-21)20(27)28/h2-3,9-12,24H,4-8H2,1H3,(H,27,28). The molecule has 1 amide bonds. The van der Waals surface area contributed by atoms with Crippen molar-refractivity contribution in [3.05, 3.63) is 58.5 Å². The molecule has 1 aromatic carbocycles. The van der Waals surface area contributed by atoms with Crippen LogP contribution in [0.3, 0.4) is 0 Å². The summed E-state index contributed by atoms with van der Waals surface area (Å²) in [7, 11) is -3.34. The van der Waals surface area contributed by atoms with E-state index in [-0.39, 0.29) is 30.8 Å². The summed E-state index contributed by atoms with van der Waals surface area (Å²) in [4.78, 5) is 20.0. The minimum absolute atomic E-state index is 0.0490. The molecule has 1 fully saturated rings. The van der Waals surface area contributed by atoms with Crippen molar-refractivity contribution >= 4 is 38.4 Å². The van der Waals surface area contributed by atoms with Crippen LogP contribution in [-0.2, 0) is 21.9 Å². The molecule has 4 rings (SSSR count). The number of likely N-dealkylation sites (tertiary alicyclic amines) is 1. The number of carboxylic acid groups (broad SMARTS) is 1. The number of H-pyrrole nitrogens is 1. The van der Waals surface area contributed by atoms with Gasteiger partial charge in [0.1, 0.15) is 5.67 Å². The van der Waals surface area contributed by atoms with E-state index >= 15 is 4.39 Å².